The summed E-state index contributed by atoms with van der Waals surface area (Å²) in [4.78, 5) is 4.08. The second kappa shape index (κ2) is 3.16. The average Bonchev–Trinajstić information content (AvgIpc) is 2.18. The molecular weight excluding hydrogens is 166 g/mol. The minimum Gasteiger partial charge on any atom is -0.383 e. The van der Waals surface area contributed by atoms with Gasteiger partial charge in [0.05, 0.1) is 0 Å². The number of nitrogens with two attached hydrogens (primary N) is 1. The number of fused-ring (bicyclic) bond motifs is 1. The Bertz CT molecular complexity index is 348. The van der Waals surface area contributed by atoms with E-state index in [4.69, 9.17) is 10.9 Å². The Morgan fingerprint density at radius 1 is 1.46 bits per heavy atom. The summed E-state index contributed by atoms with van der Waals surface area (Å²) in [5.41, 5.74) is 9.90. The highest BCUT2D eigenvalue weighted by Crippen LogP contribution is 2.16. The van der Waals surface area contributed by atoms with Gasteiger partial charge in [-0.2, -0.15) is 5.48 Å². The Hall–Kier alpha value is -1.39. The fourth-order valence-electron chi connectivity index (χ4n) is 1.51. The summed E-state index contributed by atoms with van der Waals surface area (Å²) in [6, 6.07) is 7.79. The van der Waals surface area contributed by atoms with Gasteiger partial charge in [-0.05, 0) is 5.56 Å². The molecule has 0 saturated heterocycles. The van der Waals surface area contributed by atoms with Crippen LogP contribution in [0.15, 0.2) is 29.3 Å². The molecule has 1 unspecified atom stereocenters. The van der Waals surface area contributed by atoms with E-state index in [0.717, 1.165) is 11.1 Å². The first-order valence-corrected chi connectivity index (χ1v) is 4.12. The Morgan fingerprint density at radius 3 is 3.00 bits per heavy atom. The topological polar surface area (TPSA) is 70.6 Å². The van der Waals surface area contributed by atoms with Crippen molar-refractivity contribution in [1.29, 1.82) is 0 Å². The monoisotopic (exact) mass is 177 g/mol. The molecule has 0 amide bonds. The third kappa shape index (κ3) is 1.41. The molecule has 1 heterocycles. The van der Waals surface area contributed by atoms with Crippen LogP contribution in [0.4, 0.5) is 0 Å². The molecule has 1 aliphatic rings. The molecule has 1 atom stereocenters. The number of rotatable bonds is 1. The third-order valence-electron chi connectivity index (χ3n) is 2.15. The number of nitrogens with one attached hydrogen (secondary N) is 1. The van der Waals surface area contributed by atoms with Crippen LogP contribution in [0.1, 0.15) is 11.1 Å². The largest absolute Gasteiger partial charge is 0.383 e. The lowest BCUT2D eigenvalue weighted by molar-refractivity contribution is 0.128. The summed E-state index contributed by atoms with van der Waals surface area (Å²) in [5, 5.41) is 8.72. The zero-order chi connectivity index (χ0) is 9.26. The normalized spacial score (nSPS) is 20.7. The van der Waals surface area contributed by atoms with Crippen molar-refractivity contribution in [3.8, 4) is 0 Å². The first-order valence-electron chi connectivity index (χ1n) is 4.12. The van der Waals surface area contributed by atoms with Gasteiger partial charge in [-0.1, -0.05) is 24.3 Å². The van der Waals surface area contributed by atoms with E-state index in [-0.39, 0.29) is 6.17 Å². The maximum atomic E-state index is 8.72. The first-order chi connectivity index (χ1) is 6.31. The molecular formula is C9H11N3O. The van der Waals surface area contributed by atoms with E-state index in [9.17, 15) is 0 Å². The molecule has 1 aromatic carbocycles. The van der Waals surface area contributed by atoms with E-state index >= 15 is 0 Å². The summed E-state index contributed by atoms with van der Waals surface area (Å²) < 4.78 is 0. The van der Waals surface area contributed by atoms with Crippen molar-refractivity contribution >= 4 is 5.84 Å². The molecule has 4 nitrogen and oxygen atoms in total. The zero-order valence-corrected chi connectivity index (χ0v) is 7.07. The summed E-state index contributed by atoms with van der Waals surface area (Å²) in [6.45, 7) is 0. The van der Waals surface area contributed by atoms with Gasteiger partial charge in [0.1, 0.15) is 12.0 Å². The van der Waals surface area contributed by atoms with Gasteiger partial charge in [0.15, 0.2) is 0 Å². The van der Waals surface area contributed by atoms with E-state index in [1.54, 1.807) is 0 Å². The van der Waals surface area contributed by atoms with E-state index in [2.05, 4.69) is 10.5 Å². The molecule has 2 rings (SSSR count). The van der Waals surface area contributed by atoms with Crippen LogP contribution in [0.25, 0.3) is 0 Å². The molecule has 4 heteroatoms. The maximum Gasteiger partial charge on any atom is 0.128 e. The Morgan fingerprint density at radius 2 is 2.23 bits per heavy atom. The van der Waals surface area contributed by atoms with E-state index in [0.29, 0.717) is 12.3 Å². The quantitative estimate of drug-likeness (QED) is 0.538. The zero-order valence-electron chi connectivity index (χ0n) is 7.07. The van der Waals surface area contributed by atoms with Gasteiger partial charge in [-0.25, -0.2) is 4.99 Å². The number of amidine groups is 1. The molecule has 0 aromatic heterocycles. The second-order valence-electron chi connectivity index (χ2n) is 3.02. The van der Waals surface area contributed by atoms with Crippen LogP contribution < -0.4 is 11.2 Å². The van der Waals surface area contributed by atoms with Crippen molar-refractivity contribution < 1.29 is 5.21 Å². The van der Waals surface area contributed by atoms with Crippen molar-refractivity contribution in [3.63, 3.8) is 0 Å². The lowest BCUT2D eigenvalue weighted by Crippen LogP contribution is -2.34. The van der Waals surface area contributed by atoms with Crippen LogP contribution in [0.2, 0.25) is 0 Å². The SMILES string of the molecule is NC1=NC(NO)Cc2ccccc21. The Kier molecular flexibility index (Phi) is 2.00. The van der Waals surface area contributed by atoms with Crippen LogP contribution in [0.3, 0.4) is 0 Å². The van der Waals surface area contributed by atoms with E-state index < -0.39 is 0 Å². The fourth-order valence-corrected chi connectivity index (χ4v) is 1.51. The van der Waals surface area contributed by atoms with Crippen LogP contribution in [0.5, 0.6) is 0 Å². The summed E-state index contributed by atoms with van der Waals surface area (Å²) in [5.74, 6) is 0.480. The van der Waals surface area contributed by atoms with Crippen molar-refractivity contribution in [2.45, 2.75) is 12.6 Å². The third-order valence-corrected chi connectivity index (χ3v) is 2.15. The standard InChI is InChI=1S/C9H11N3O/c10-9-7-4-2-1-3-6(7)5-8(11-9)12-13/h1-4,8,12-13H,5H2,(H2,10,11). The summed E-state index contributed by atoms with van der Waals surface area (Å²) >= 11 is 0. The molecule has 0 spiro atoms. The maximum absolute atomic E-state index is 8.72. The van der Waals surface area contributed by atoms with Gasteiger partial charge in [0.2, 0.25) is 0 Å². The number of hydrogen-bond acceptors (Lipinski definition) is 4. The molecule has 13 heavy (non-hydrogen) atoms. The highest BCUT2D eigenvalue weighted by molar-refractivity contribution is 5.99. The minimum atomic E-state index is -0.310. The second-order valence-corrected chi connectivity index (χ2v) is 3.02. The molecule has 0 bridgehead atoms. The number of nitrogens with zero attached hydrogens (tertiary/aromatic N) is 1. The van der Waals surface area contributed by atoms with Crippen LogP contribution in [-0.4, -0.2) is 17.2 Å². The molecule has 68 valence electrons. The molecule has 1 aliphatic heterocycles. The predicted octanol–water partition coefficient (Wildman–Crippen LogP) is 0.253. The van der Waals surface area contributed by atoms with Crippen molar-refractivity contribution in [2.24, 2.45) is 10.7 Å². The van der Waals surface area contributed by atoms with Gasteiger partial charge in [-0.15, -0.1) is 0 Å². The van der Waals surface area contributed by atoms with Gasteiger partial charge in [0.25, 0.3) is 0 Å². The van der Waals surface area contributed by atoms with Crippen molar-refractivity contribution in [1.82, 2.24) is 5.48 Å². The highest BCUT2D eigenvalue weighted by Gasteiger charge is 2.17. The van der Waals surface area contributed by atoms with Gasteiger partial charge < -0.3 is 10.9 Å². The number of aliphatic imine (C=N–C) groups is 1. The van der Waals surface area contributed by atoms with Gasteiger partial charge >= 0.3 is 0 Å². The number of hydroxylamine groups is 1. The van der Waals surface area contributed by atoms with Crippen LogP contribution in [-0.2, 0) is 6.42 Å². The van der Waals surface area contributed by atoms with Gasteiger partial charge in [-0.3, -0.25) is 0 Å². The van der Waals surface area contributed by atoms with Gasteiger partial charge in [0, 0.05) is 12.0 Å². The first kappa shape index (κ1) is 8.22. The molecule has 0 radical (unpaired) electrons. The van der Waals surface area contributed by atoms with Crippen LogP contribution >= 0.6 is 0 Å². The van der Waals surface area contributed by atoms with Crippen LogP contribution in [0, 0.1) is 0 Å². The molecule has 0 saturated carbocycles. The van der Waals surface area contributed by atoms with E-state index in [1.165, 1.54) is 0 Å². The number of benzene rings is 1. The Labute approximate surface area is 76.1 Å². The molecule has 1 aromatic rings. The van der Waals surface area contributed by atoms with Crippen molar-refractivity contribution in [3.05, 3.63) is 35.4 Å². The minimum absolute atomic E-state index is 0.310. The lowest BCUT2D eigenvalue weighted by atomic mass is 10.00. The molecule has 0 fully saturated rings. The molecule has 4 N–H and O–H groups in total. The predicted molar refractivity (Wildman–Crippen MR) is 49.6 cm³/mol. The fraction of sp³-hybridized carbons (Fsp3) is 0.222. The smallest absolute Gasteiger partial charge is 0.128 e. The summed E-state index contributed by atoms with van der Waals surface area (Å²) in [7, 11) is 0. The Balaban J connectivity index is 2.42. The average molecular weight is 177 g/mol. The lowest BCUT2D eigenvalue weighted by Gasteiger charge is -2.19. The number of hydrogen-bond donors (Lipinski definition) is 3. The summed E-state index contributed by atoms with van der Waals surface area (Å²) in [6.07, 6.45) is 0.364. The highest BCUT2D eigenvalue weighted by atomic mass is 16.5. The molecule has 0 aliphatic carbocycles. The van der Waals surface area contributed by atoms with Crippen molar-refractivity contribution in [2.75, 3.05) is 0 Å². The van der Waals surface area contributed by atoms with E-state index in [1.807, 2.05) is 24.3 Å².